The lowest BCUT2D eigenvalue weighted by Gasteiger charge is -2.04. The summed E-state index contributed by atoms with van der Waals surface area (Å²) in [5, 5.41) is 4.14. The molecule has 0 bridgehead atoms. The normalized spacial score (nSPS) is 13.5. The summed E-state index contributed by atoms with van der Waals surface area (Å²) in [6, 6.07) is 13.0. The first-order valence-corrected chi connectivity index (χ1v) is 6.37. The van der Waals surface area contributed by atoms with Gasteiger partial charge in [-0.1, -0.05) is 24.3 Å². The van der Waals surface area contributed by atoms with Gasteiger partial charge in [0.15, 0.2) is 11.4 Å². The third-order valence-electron chi connectivity index (χ3n) is 3.63. The van der Waals surface area contributed by atoms with E-state index in [1.807, 2.05) is 24.3 Å². The Kier molecular flexibility index (Phi) is 2.15. The van der Waals surface area contributed by atoms with Crippen molar-refractivity contribution in [2.24, 2.45) is 0 Å². The minimum absolute atomic E-state index is 0.311. The second-order valence-corrected chi connectivity index (χ2v) is 4.78. The molecular formula is C16H12FNO. The van der Waals surface area contributed by atoms with Crippen molar-refractivity contribution in [2.45, 2.75) is 6.42 Å². The van der Waals surface area contributed by atoms with Crippen LogP contribution in [0.4, 0.5) is 10.1 Å². The first kappa shape index (κ1) is 10.6. The second kappa shape index (κ2) is 3.85. The summed E-state index contributed by atoms with van der Waals surface area (Å²) in [6.45, 7) is 0.945. The highest BCUT2D eigenvalue weighted by Crippen LogP contribution is 2.36. The fourth-order valence-corrected chi connectivity index (χ4v) is 2.74. The molecule has 3 heteroatoms. The van der Waals surface area contributed by atoms with Gasteiger partial charge in [0, 0.05) is 23.2 Å². The van der Waals surface area contributed by atoms with Crippen LogP contribution in [0, 0.1) is 5.82 Å². The van der Waals surface area contributed by atoms with Gasteiger partial charge in [0.05, 0.1) is 0 Å². The Morgan fingerprint density at radius 2 is 2.00 bits per heavy atom. The summed E-state index contributed by atoms with van der Waals surface area (Å²) in [4.78, 5) is 0. The largest absolute Gasteiger partial charge is 0.453 e. The maximum atomic E-state index is 13.7. The van der Waals surface area contributed by atoms with Crippen LogP contribution in [0.1, 0.15) is 5.56 Å². The van der Waals surface area contributed by atoms with Crippen LogP contribution in [-0.4, -0.2) is 6.54 Å². The van der Waals surface area contributed by atoms with Crippen molar-refractivity contribution < 1.29 is 8.81 Å². The molecule has 2 aromatic carbocycles. The summed E-state index contributed by atoms with van der Waals surface area (Å²) in [5.74, 6) is 0.426. The van der Waals surface area contributed by atoms with Crippen molar-refractivity contribution in [2.75, 3.05) is 11.9 Å². The number of para-hydroxylation sites is 1. The Labute approximate surface area is 109 Å². The Balaban J connectivity index is 1.96. The van der Waals surface area contributed by atoms with Crippen LogP contribution in [0.5, 0.6) is 0 Å². The molecule has 1 N–H and O–H groups in total. The molecule has 19 heavy (non-hydrogen) atoms. The van der Waals surface area contributed by atoms with E-state index >= 15 is 0 Å². The Morgan fingerprint density at radius 3 is 2.89 bits per heavy atom. The minimum Gasteiger partial charge on any atom is -0.453 e. The molecular weight excluding hydrogens is 241 g/mol. The van der Waals surface area contributed by atoms with Gasteiger partial charge in [-0.25, -0.2) is 4.39 Å². The number of benzene rings is 2. The summed E-state index contributed by atoms with van der Waals surface area (Å²) < 4.78 is 19.4. The van der Waals surface area contributed by atoms with Gasteiger partial charge in [-0.3, -0.25) is 0 Å². The van der Waals surface area contributed by atoms with Gasteiger partial charge in [-0.15, -0.1) is 0 Å². The zero-order valence-electron chi connectivity index (χ0n) is 10.2. The molecule has 0 amide bonds. The molecule has 2 nitrogen and oxygen atoms in total. The summed E-state index contributed by atoms with van der Waals surface area (Å²) >= 11 is 0. The summed E-state index contributed by atoms with van der Waals surface area (Å²) in [7, 11) is 0. The topological polar surface area (TPSA) is 25.2 Å². The fraction of sp³-hybridized carbons (Fsp3) is 0.125. The molecule has 0 fully saturated rings. The van der Waals surface area contributed by atoms with Gasteiger partial charge in [0.2, 0.25) is 0 Å². The number of nitrogens with one attached hydrogen (secondary N) is 1. The van der Waals surface area contributed by atoms with E-state index in [1.54, 1.807) is 6.07 Å². The van der Waals surface area contributed by atoms with Crippen LogP contribution in [0.2, 0.25) is 0 Å². The highest BCUT2D eigenvalue weighted by Gasteiger charge is 2.18. The number of hydrogen-bond donors (Lipinski definition) is 1. The van der Waals surface area contributed by atoms with E-state index in [4.69, 9.17) is 4.42 Å². The smallest absolute Gasteiger partial charge is 0.170 e. The van der Waals surface area contributed by atoms with Crippen LogP contribution in [0.25, 0.3) is 22.3 Å². The first-order valence-electron chi connectivity index (χ1n) is 6.37. The Hall–Kier alpha value is -2.29. The zero-order valence-corrected chi connectivity index (χ0v) is 10.2. The molecule has 0 atom stereocenters. The average Bonchev–Trinajstić information content (AvgIpc) is 3.05. The third-order valence-corrected chi connectivity index (χ3v) is 3.63. The van der Waals surface area contributed by atoms with Crippen LogP contribution < -0.4 is 5.32 Å². The van der Waals surface area contributed by atoms with E-state index in [1.165, 1.54) is 11.6 Å². The first-order chi connectivity index (χ1) is 9.33. The predicted octanol–water partition coefficient (Wildman–Crippen LogP) is 4.21. The molecule has 0 aliphatic carbocycles. The Bertz CT molecular complexity index is 776. The van der Waals surface area contributed by atoms with Crippen molar-refractivity contribution in [3.05, 3.63) is 53.8 Å². The van der Waals surface area contributed by atoms with Gasteiger partial charge in [0.25, 0.3) is 0 Å². The molecule has 3 aromatic rings. The van der Waals surface area contributed by atoms with Gasteiger partial charge in [-0.05, 0) is 30.2 Å². The van der Waals surface area contributed by atoms with Crippen molar-refractivity contribution in [1.29, 1.82) is 0 Å². The highest BCUT2D eigenvalue weighted by atomic mass is 19.1. The molecule has 1 aromatic heterocycles. The third kappa shape index (κ3) is 1.55. The van der Waals surface area contributed by atoms with Gasteiger partial charge in [0.1, 0.15) is 5.76 Å². The molecule has 0 spiro atoms. The van der Waals surface area contributed by atoms with Crippen LogP contribution in [-0.2, 0) is 6.42 Å². The number of rotatable bonds is 1. The molecule has 1 aliphatic heterocycles. The average molecular weight is 253 g/mol. The molecule has 0 unspecified atom stereocenters. The number of hydrogen-bond acceptors (Lipinski definition) is 2. The van der Waals surface area contributed by atoms with E-state index in [-0.39, 0.29) is 5.82 Å². The maximum Gasteiger partial charge on any atom is 0.170 e. The van der Waals surface area contributed by atoms with Crippen LogP contribution in [0.15, 0.2) is 46.9 Å². The van der Waals surface area contributed by atoms with Gasteiger partial charge >= 0.3 is 0 Å². The summed E-state index contributed by atoms with van der Waals surface area (Å²) in [6.07, 6.45) is 0.977. The molecule has 94 valence electrons. The number of furan rings is 1. The van der Waals surface area contributed by atoms with Crippen molar-refractivity contribution in [3.8, 4) is 11.3 Å². The molecule has 4 rings (SSSR count). The van der Waals surface area contributed by atoms with Gasteiger partial charge < -0.3 is 9.73 Å². The van der Waals surface area contributed by atoms with Crippen molar-refractivity contribution >= 4 is 16.7 Å². The fourth-order valence-electron chi connectivity index (χ4n) is 2.74. The van der Waals surface area contributed by atoms with Crippen LogP contribution in [0.3, 0.4) is 0 Å². The number of halogens is 1. The quantitative estimate of drug-likeness (QED) is 0.702. The number of fused-ring (bicyclic) bond motifs is 2. The molecule has 0 saturated carbocycles. The van der Waals surface area contributed by atoms with Crippen molar-refractivity contribution in [3.63, 3.8) is 0 Å². The van der Waals surface area contributed by atoms with E-state index in [0.29, 0.717) is 5.58 Å². The second-order valence-electron chi connectivity index (χ2n) is 4.78. The monoisotopic (exact) mass is 253 g/mol. The highest BCUT2D eigenvalue weighted by molar-refractivity contribution is 5.85. The lowest BCUT2D eigenvalue weighted by molar-refractivity contribution is 0.568. The zero-order chi connectivity index (χ0) is 12.8. The molecule has 0 radical (unpaired) electrons. The SMILES string of the molecule is Fc1cccc2cc(-c3cccc4c3CCN4)oc12. The maximum absolute atomic E-state index is 13.7. The van der Waals surface area contributed by atoms with E-state index in [9.17, 15) is 4.39 Å². The lowest BCUT2D eigenvalue weighted by Crippen LogP contribution is -1.90. The molecule has 2 heterocycles. The Morgan fingerprint density at radius 1 is 1.11 bits per heavy atom. The van der Waals surface area contributed by atoms with Crippen LogP contribution >= 0.6 is 0 Å². The summed E-state index contributed by atoms with van der Waals surface area (Å²) in [5.41, 5.74) is 3.79. The number of anilines is 1. The lowest BCUT2D eigenvalue weighted by atomic mass is 10.0. The van der Waals surface area contributed by atoms with Gasteiger partial charge in [-0.2, -0.15) is 0 Å². The standard InChI is InChI=1S/C16H12FNO/c17-13-5-1-3-10-9-15(19-16(10)13)12-4-2-6-14-11(12)7-8-18-14/h1-6,9,18H,7-8H2. The molecule has 0 saturated heterocycles. The minimum atomic E-state index is -0.311. The molecule has 1 aliphatic rings. The van der Waals surface area contributed by atoms with E-state index in [2.05, 4.69) is 11.4 Å². The predicted molar refractivity (Wildman–Crippen MR) is 73.8 cm³/mol. The van der Waals surface area contributed by atoms with E-state index in [0.717, 1.165) is 35.4 Å². The van der Waals surface area contributed by atoms with Crippen molar-refractivity contribution in [1.82, 2.24) is 0 Å². The van der Waals surface area contributed by atoms with E-state index < -0.39 is 0 Å².